The first-order chi connectivity index (χ1) is 14.4. The van der Waals surface area contributed by atoms with Crippen molar-refractivity contribution in [2.24, 2.45) is 10.8 Å². The molecule has 5 heterocycles. The SMILES string of the molecule is CC12C[NH+]3CC(C)(C[NH+](C1)C3[C@@H]1C(=O)N(Cc3ccccc3)c3ccccc31)C2=O. The molecule has 4 fully saturated rings. The van der Waals surface area contributed by atoms with Crippen molar-refractivity contribution in [1.82, 2.24) is 0 Å². The fraction of sp³-hybridized carbons (Fsp3) is 0.440. The lowest BCUT2D eigenvalue weighted by Crippen LogP contribution is -3.45. The van der Waals surface area contributed by atoms with Crippen molar-refractivity contribution < 1.29 is 19.4 Å². The molecule has 0 aromatic heterocycles. The van der Waals surface area contributed by atoms with Crippen LogP contribution in [0.25, 0.3) is 0 Å². The van der Waals surface area contributed by atoms with Gasteiger partial charge < -0.3 is 4.90 Å². The molecule has 5 aliphatic rings. The zero-order valence-corrected chi connectivity index (χ0v) is 17.7. The number of hydrogen-bond acceptors (Lipinski definition) is 2. The molecule has 2 aromatic rings. The Labute approximate surface area is 177 Å². The van der Waals surface area contributed by atoms with E-state index in [1.807, 2.05) is 29.2 Å². The molecule has 2 aromatic carbocycles. The van der Waals surface area contributed by atoms with E-state index in [-0.39, 0.29) is 28.8 Å². The van der Waals surface area contributed by atoms with Gasteiger partial charge in [0.05, 0.1) is 32.7 Å². The number of hydrogen-bond donors (Lipinski definition) is 2. The topological polar surface area (TPSA) is 46.3 Å². The molecular weight excluding hydrogens is 374 g/mol. The maximum Gasteiger partial charge on any atom is 0.247 e. The van der Waals surface area contributed by atoms with Crippen LogP contribution in [0.2, 0.25) is 0 Å². The number of nitrogens with one attached hydrogen (secondary N) is 2. The van der Waals surface area contributed by atoms with Gasteiger partial charge in [0, 0.05) is 11.3 Å². The number of ketones is 1. The first-order valence-corrected chi connectivity index (χ1v) is 11.1. The van der Waals surface area contributed by atoms with E-state index in [1.54, 1.807) is 0 Å². The van der Waals surface area contributed by atoms with Crippen LogP contribution >= 0.6 is 0 Å². The second-order valence-electron chi connectivity index (χ2n) is 10.4. The van der Waals surface area contributed by atoms with Crippen LogP contribution in [-0.4, -0.2) is 44.0 Å². The van der Waals surface area contributed by atoms with Gasteiger partial charge in [-0.15, -0.1) is 0 Å². The highest BCUT2D eigenvalue weighted by Crippen LogP contribution is 2.41. The van der Waals surface area contributed by atoms with Gasteiger partial charge in [-0.05, 0) is 25.5 Å². The summed E-state index contributed by atoms with van der Waals surface area (Å²) in [5.74, 6) is 0.543. The smallest absolute Gasteiger partial charge is 0.247 e. The number of nitrogens with zero attached hydrogens (tertiary/aromatic N) is 1. The molecule has 5 nitrogen and oxygen atoms in total. The Morgan fingerprint density at radius 2 is 1.43 bits per heavy atom. The molecule has 4 bridgehead atoms. The molecule has 0 radical (unpaired) electrons. The van der Waals surface area contributed by atoms with Crippen LogP contribution in [0.1, 0.15) is 30.9 Å². The summed E-state index contributed by atoms with van der Waals surface area (Å²) >= 11 is 0. The predicted molar refractivity (Wildman–Crippen MR) is 113 cm³/mol. The lowest BCUT2D eigenvalue weighted by Gasteiger charge is -2.59. The first kappa shape index (κ1) is 18.3. The number of fused-ring (bicyclic) bond motifs is 1. The molecular formula is C25H29N3O2+2. The fourth-order valence-electron chi connectivity index (χ4n) is 7.17. The number of Topliss-reactive ketones (excluding diaryl/α,β-unsaturated/α-hetero) is 1. The van der Waals surface area contributed by atoms with Crippen molar-refractivity contribution >= 4 is 17.4 Å². The second-order valence-corrected chi connectivity index (χ2v) is 10.4. The third-order valence-corrected chi connectivity index (χ3v) is 8.06. The molecule has 154 valence electrons. The van der Waals surface area contributed by atoms with Gasteiger partial charge in [0.25, 0.3) is 0 Å². The molecule has 0 spiro atoms. The molecule has 30 heavy (non-hydrogen) atoms. The summed E-state index contributed by atoms with van der Waals surface area (Å²) < 4.78 is 0. The molecule has 1 atom stereocenters. The Morgan fingerprint density at radius 1 is 0.867 bits per heavy atom. The Hall–Kier alpha value is -2.50. The van der Waals surface area contributed by atoms with Crippen molar-refractivity contribution in [2.75, 3.05) is 31.1 Å². The summed E-state index contributed by atoms with van der Waals surface area (Å²) in [6.45, 7) is 8.35. The second kappa shape index (κ2) is 6.02. The Morgan fingerprint density at radius 3 is 2.07 bits per heavy atom. The van der Waals surface area contributed by atoms with E-state index >= 15 is 0 Å². The van der Waals surface area contributed by atoms with E-state index in [0.29, 0.717) is 12.3 Å². The number of carbonyl (C=O) groups is 2. The number of para-hydroxylation sites is 1. The molecule has 0 saturated carbocycles. The minimum absolute atomic E-state index is 0.128. The number of piperidine rings is 2. The van der Waals surface area contributed by atoms with Gasteiger partial charge >= 0.3 is 0 Å². The van der Waals surface area contributed by atoms with Crippen LogP contribution in [0, 0.1) is 10.8 Å². The molecule has 1 amide bonds. The van der Waals surface area contributed by atoms with Crippen molar-refractivity contribution in [3.05, 3.63) is 65.7 Å². The molecule has 0 unspecified atom stereocenters. The van der Waals surface area contributed by atoms with E-state index in [1.165, 1.54) is 9.80 Å². The van der Waals surface area contributed by atoms with Crippen molar-refractivity contribution in [3.63, 3.8) is 0 Å². The highest BCUT2D eigenvalue weighted by molar-refractivity contribution is 6.05. The molecule has 5 aliphatic heterocycles. The van der Waals surface area contributed by atoms with Crippen LogP contribution in [0.15, 0.2) is 54.6 Å². The zero-order valence-electron chi connectivity index (χ0n) is 17.7. The lowest BCUT2D eigenvalue weighted by molar-refractivity contribution is -1.17. The van der Waals surface area contributed by atoms with Gasteiger partial charge in [-0.3, -0.25) is 19.4 Å². The van der Waals surface area contributed by atoms with Crippen molar-refractivity contribution in [1.29, 1.82) is 0 Å². The number of rotatable bonds is 3. The standard InChI is InChI=1S/C25H27N3O2/c1-24-13-26-15-25(2,23(24)30)16-27(14-24)21(26)20-18-10-6-7-11-19(18)28(22(20)29)12-17-8-4-3-5-9-17/h3-11,20-21H,12-16H2,1-2H3/p+2/t20-,21?,24?,25?/m1/s1. The van der Waals surface area contributed by atoms with Crippen LogP contribution < -0.4 is 14.7 Å². The minimum Gasteiger partial charge on any atom is -0.307 e. The quantitative estimate of drug-likeness (QED) is 0.760. The third kappa shape index (κ3) is 2.36. The van der Waals surface area contributed by atoms with E-state index in [4.69, 9.17) is 0 Å². The van der Waals surface area contributed by atoms with E-state index in [2.05, 4.69) is 44.2 Å². The van der Waals surface area contributed by atoms with E-state index < -0.39 is 0 Å². The van der Waals surface area contributed by atoms with Gasteiger partial charge in [0.1, 0.15) is 10.8 Å². The summed E-state index contributed by atoms with van der Waals surface area (Å²) in [5, 5.41) is 0. The van der Waals surface area contributed by atoms with E-state index in [9.17, 15) is 9.59 Å². The molecule has 0 aliphatic carbocycles. The predicted octanol–water partition coefficient (Wildman–Crippen LogP) is 0.0354. The van der Waals surface area contributed by atoms with Gasteiger partial charge in [-0.25, -0.2) is 0 Å². The van der Waals surface area contributed by atoms with Crippen molar-refractivity contribution in [3.8, 4) is 0 Å². The summed E-state index contributed by atoms with van der Waals surface area (Å²) in [7, 11) is 0. The minimum atomic E-state index is -0.239. The number of quaternary nitrogens is 2. The third-order valence-electron chi connectivity index (χ3n) is 8.06. The number of anilines is 1. The van der Waals surface area contributed by atoms with Crippen molar-refractivity contribution in [2.45, 2.75) is 32.5 Å². The van der Waals surface area contributed by atoms with Crippen LogP contribution in [0.3, 0.4) is 0 Å². The summed E-state index contributed by atoms with van der Waals surface area (Å²) in [4.78, 5) is 31.8. The average Bonchev–Trinajstić information content (AvgIpc) is 2.98. The first-order valence-electron chi connectivity index (χ1n) is 11.1. The van der Waals surface area contributed by atoms with Gasteiger partial charge in [-0.1, -0.05) is 48.5 Å². The van der Waals surface area contributed by atoms with Crippen LogP contribution in [0.5, 0.6) is 0 Å². The Balaban J connectivity index is 1.38. The number of carbonyl (C=O) groups excluding carboxylic acids is 2. The zero-order chi connectivity index (χ0) is 20.7. The normalized spacial score (nSPS) is 38.9. The Bertz CT molecular complexity index is 1010. The molecule has 2 N–H and O–H groups in total. The fourth-order valence-corrected chi connectivity index (χ4v) is 7.17. The highest BCUT2D eigenvalue weighted by Gasteiger charge is 2.70. The van der Waals surface area contributed by atoms with Crippen LogP contribution in [0.4, 0.5) is 5.69 Å². The number of amides is 1. The maximum absolute atomic E-state index is 13.8. The average molecular weight is 404 g/mol. The van der Waals surface area contributed by atoms with Gasteiger partial charge in [0.15, 0.2) is 11.7 Å². The highest BCUT2D eigenvalue weighted by atomic mass is 16.2. The lowest BCUT2D eigenvalue weighted by atomic mass is 9.61. The Kier molecular flexibility index (Phi) is 3.67. The monoisotopic (exact) mass is 403 g/mol. The van der Waals surface area contributed by atoms with Gasteiger partial charge in [-0.2, -0.15) is 0 Å². The van der Waals surface area contributed by atoms with Crippen LogP contribution in [-0.2, 0) is 16.1 Å². The summed E-state index contributed by atoms with van der Waals surface area (Å²) in [6.07, 6.45) is 0.202. The maximum atomic E-state index is 13.8. The summed E-state index contributed by atoms with van der Waals surface area (Å²) in [6, 6.07) is 18.6. The number of benzene rings is 2. The molecule has 5 heteroatoms. The molecule has 7 rings (SSSR count). The summed E-state index contributed by atoms with van der Waals surface area (Å²) in [5.41, 5.74) is 2.89. The van der Waals surface area contributed by atoms with E-state index in [0.717, 1.165) is 43.0 Å². The van der Waals surface area contributed by atoms with Gasteiger partial charge in [0.2, 0.25) is 12.1 Å². The molecule has 4 saturated heterocycles. The largest absolute Gasteiger partial charge is 0.307 e.